The molecule has 25 heavy (non-hydrogen) atoms. The fourth-order valence-corrected chi connectivity index (χ4v) is 5.03. The van der Waals surface area contributed by atoms with Crippen LogP contribution in [0.15, 0.2) is 70.0 Å². The van der Waals surface area contributed by atoms with E-state index in [1.165, 1.54) is 23.5 Å². The molecule has 3 aromatic carbocycles. The van der Waals surface area contributed by atoms with Gasteiger partial charge in [0.25, 0.3) is 10.0 Å². The highest BCUT2D eigenvalue weighted by Gasteiger charge is 2.14. The fraction of sp³-hybridized carbons (Fsp3) is 0.0556. The Kier molecular flexibility index (Phi) is 3.70. The van der Waals surface area contributed by atoms with Gasteiger partial charge in [-0.3, -0.25) is 0 Å². The number of halogens is 1. The van der Waals surface area contributed by atoms with E-state index in [1.807, 2.05) is 36.4 Å². The lowest BCUT2D eigenvalue weighted by molar-refractivity contribution is 0.595. The minimum Gasteiger partial charge on any atom is -0.318 e. The Balaban J connectivity index is 1.98. The number of hydrogen-bond donors (Lipinski definition) is 0. The van der Waals surface area contributed by atoms with Gasteiger partial charge in [0.05, 0.1) is 15.1 Å². The van der Waals surface area contributed by atoms with Crippen molar-refractivity contribution in [1.29, 1.82) is 0 Å². The number of aryl methyl sites for hydroxylation is 1. The monoisotopic (exact) mass is 372 g/mol. The van der Waals surface area contributed by atoms with E-state index in [1.54, 1.807) is 11.6 Å². The summed E-state index contributed by atoms with van der Waals surface area (Å²) < 4.78 is 44.7. The van der Waals surface area contributed by atoms with Crippen LogP contribution in [-0.2, 0) is 17.1 Å². The molecule has 4 rings (SSSR count). The first-order valence-corrected chi connectivity index (χ1v) is 9.75. The van der Waals surface area contributed by atoms with Gasteiger partial charge in [-0.25, -0.2) is 4.39 Å². The van der Waals surface area contributed by atoms with Crippen LogP contribution in [0.5, 0.6) is 0 Å². The summed E-state index contributed by atoms with van der Waals surface area (Å²) in [5.74, 6) is -0.488. The third kappa shape index (κ3) is 2.75. The van der Waals surface area contributed by atoms with E-state index < -0.39 is 15.8 Å². The normalized spacial score (nSPS) is 13.0. The maximum absolute atomic E-state index is 13.0. The molecule has 0 atom stereocenters. The van der Waals surface area contributed by atoms with Crippen LogP contribution >= 0.6 is 11.3 Å². The second kappa shape index (κ2) is 5.79. The third-order valence-corrected chi connectivity index (χ3v) is 6.49. The molecule has 0 unspecified atom stereocenters. The molecule has 4 nitrogen and oxygen atoms in total. The van der Waals surface area contributed by atoms with Crippen LogP contribution in [0.3, 0.4) is 0 Å². The van der Waals surface area contributed by atoms with Gasteiger partial charge < -0.3 is 4.57 Å². The van der Waals surface area contributed by atoms with Gasteiger partial charge in [-0.05, 0) is 35.7 Å². The number of sulfonamides is 1. The van der Waals surface area contributed by atoms with Gasteiger partial charge in [0.15, 0.2) is 0 Å². The van der Waals surface area contributed by atoms with Crippen molar-refractivity contribution in [2.24, 2.45) is 11.4 Å². The molecular weight excluding hydrogens is 359 g/mol. The predicted molar refractivity (Wildman–Crippen MR) is 97.5 cm³/mol. The van der Waals surface area contributed by atoms with Crippen LogP contribution in [0.2, 0.25) is 0 Å². The smallest absolute Gasteiger partial charge is 0.285 e. The zero-order valence-corrected chi connectivity index (χ0v) is 14.8. The maximum atomic E-state index is 13.0. The van der Waals surface area contributed by atoms with Crippen LogP contribution < -0.4 is 4.80 Å². The first-order chi connectivity index (χ1) is 12.0. The Morgan fingerprint density at radius 3 is 2.48 bits per heavy atom. The molecule has 0 spiro atoms. The molecular formula is C18H13FN2O2S2. The number of rotatable bonds is 2. The van der Waals surface area contributed by atoms with E-state index in [2.05, 4.69) is 4.40 Å². The third-order valence-electron chi connectivity index (χ3n) is 4.00. The number of benzene rings is 3. The van der Waals surface area contributed by atoms with Gasteiger partial charge in [0.2, 0.25) is 4.80 Å². The fourth-order valence-electron chi connectivity index (χ4n) is 2.77. The summed E-state index contributed by atoms with van der Waals surface area (Å²) in [7, 11) is -2.11. The first kappa shape index (κ1) is 16.0. The minimum atomic E-state index is -3.91. The standard InChI is InChI=1S/C18H13FN2O2S2/c1-21-17-15-5-3-2-4-12(15)6-11-16(17)24-18(21)20-25(22,23)14-9-7-13(19)8-10-14/h2-11H,1H3/b20-18+. The molecule has 4 aromatic rings. The molecule has 126 valence electrons. The Morgan fingerprint density at radius 2 is 1.72 bits per heavy atom. The van der Waals surface area contributed by atoms with Crippen molar-refractivity contribution in [3.8, 4) is 0 Å². The molecule has 0 aliphatic heterocycles. The molecule has 1 aromatic heterocycles. The maximum Gasteiger partial charge on any atom is 0.285 e. The van der Waals surface area contributed by atoms with Gasteiger partial charge >= 0.3 is 0 Å². The summed E-state index contributed by atoms with van der Waals surface area (Å²) >= 11 is 1.31. The summed E-state index contributed by atoms with van der Waals surface area (Å²) in [5, 5.41) is 2.12. The largest absolute Gasteiger partial charge is 0.318 e. The van der Waals surface area contributed by atoms with Crippen molar-refractivity contribution in [3.63, 3.8) is 0 Å². The zero-order valence-electron chi connectivity index (χ0n) is 13.2. The van der Waals surface area contributed by atoms with Gasteiger partial charge in [-0.2, -0.15) is 8.42 Å². The lowest BCUT2D eigenvalue weighted by atomic mass is 10.1. The van der Waals surface area contributed by atoms with Crippen molar-refractivity contribution < 1.29 is 12.8 Å². The average molecular weight is 372 g/mol. The average Bonchev–Trinajstić information content (AvgIpc) is 2.91. The first-order valence-electron chi connectivity index (χ1n) is 7.49. The van der Waals surface area contributed by atoms with Gasteiger partial charge in [0.1, 0.15) is 5.82 Å². The second-order valence-corrected chi connectivity index (χ2v) is 8.21. The summed E-state index contributed by atoms with van der Waals surface area (Å²) in [4.78, 5) is 0.340. The van der Waals surface area contributed by atoms with Crippen molar-refractivity contribution in [2.75, 3.05) is 0 Å². The van der Waals surface area contributed by atoms with E-state index >= 15 is 0 Å². The van der Waals surface area contributed by atoms with Crippen LogP contribution in [0, 0.1) is 5.82 Å². The van der Waals surface area contributed by atoms with Crippen LogP contribution in [-0.4, -0.2) is 13.0 Å². The van der Waals surface area contributed by atoms with Crippen molar-refractivity contribution in [2.45, 2.75) is 4.90 Å². The molecule has 0 aliphatic rings. The van der Waals surface area contributed by atoms with E-state index in [4.69, 9.17) is 0 Å². The van der Waals surface area contributed by atoms with Crippen LogP contribution in [0.1, 0.15) is 0 Å². The van der Waals surface area contributed by atoms with Gasteiger partial charge in [-0.1, -0.05) is 41.7 Å². The molecule has 0 saturated heterocycles. The number of aromatic nitrogens is 1. The SMILES string of the molecule is Cn1/c(=N\S(=O)(=O)c2ccc(F)cc2)sc2ccc3ccccc3c21. The summed E-state index contributed by atoms with van der Waals surface area (Å²) in [6, 6.07) is 16.6. The Hall–Kier alpha value is -2.51. The molecule has 0 radical (unpaired) electrons. The van der Waals surface area contributed by atoms with Gasteiger partial charge in [0, 0.05) is 12.4 Å². The van der Waals surface area contributed by atoms with Crippen molar-refractivity contribution >= 4 is 42.3 Å². The highest BCUT2D eigenvalue weighted by Crippen LogP contribution is 2.26. The molecule has 0 amide bonds. The summed E-state index contributed by atoms with van der Waals surface area (Å²) in [6.45, 7) is 0. The molecule has 1 heterocycles. The predicted octanol–water partition coefficient (Wildman–Crippen LogP) is 3.82. The number of hydrogen-bond acceptors (Lipinski definition) is 3. The highest BCUT2D eigenvalue weighted by atomic mass is 32.2. The molecule has 0 aliphatic carbocycles. The van der Waals surface area contributed by atoms with Crippen LogP contribution in [0.4, 0.5) is 4.39 Å². The van der Waals surface area contributed by atoms with E-state index in [9.17, 15) is 12.8 Å². The van der Waals surface area contributed by atoms with Crippen molar-refractivity contribution in [3.05, 3.63) is 71.3 Å². The lowest BCUT2D eigenvalue weighted by Crippen LogP contribution is -2.13. The number of fused-ring (bicyclic) bond motifs is 3. The topological polar surface area (TPSA) is 51.4 Å². The van der Waals surface area contributed by atoms with Gasteiger partial charge in [-0.15, -0.1) is 4.40 Å². The Morgan fingerprint density at radius 1 is 1.00 bits per heavy atom. The quantitative estimate of drug-likeness (QED) is 0.537. The van der Waals surface area contributed by atoms with E-state index in [0.29, 0.717) is 4.80 Å². The molecule has 0 N–H and O–H groups in total. The number of thiazole rings is 1. The second-order valence-electron chi connectivity index (χ2n) is 5.60. The summed E-state index contributed by atoms with van der Waals surface area (Å²) in [5.41, 5.74) is 0.941. The van der Waals surface area contributed by atoms with E-state index in [-0.39, 0.29) is 4.90 Å². The Labute approximate surface area is 147 Å². The van der Waals surface area contributed by atoms with Crippen LogP contribution in [0.25, 0.3) is 21.0 Å². The van der Waals surface area contributed by atoms with Crippen molar-refractivity contribution in [1.82, 2.24) is 4.57 Å². The zero-order chi connectivity index (χ0) is 17.6. The van der Waals surface area contributed by atoms with E-state index in [0.717, 1.165) is 33.1 Å². The molecule has 0 saturated carbocycles. The molecule has 0 fully saturated rings. The lowest BCUT2D eigenvalue weighted by Gasteiger charge is -2.02. The summed E-state index contributed by atoms with van der Waals surface area (Å²) in [6.07, 6.45) is 0. The molecule has 7 heteroatoms. The minimum absolute atomic E-state index is 0.0313. The molecule has 0 bridgehead atoms. The number of nitrogens with zero attached hydrogens (tertiary/aromatic N) is 2. The Bertz CT molecular complexity index is 1270. The highest BCUT2D eigenvalue weighted by molar-refractivity contribution is 7.90.